The van der Waals surface area contributed by atoms with Crippen LogP contribution in [0.1, 0.15) is 42.5 Å². The van der Waals surface area contributed by atoms with Gasteiger partial charge in [0.05, 0.1) is 10.7 Å². The summed E-state index contributed by atoms with van der Waals surface area (Å²) in [5.74, 6) is 0.172. The number of carbonyl (C=O) groups is 2. The number of nitrogens with zero attached hydrogens (tertiary/aromatic N) is 2. The molecule has 3 aromatic rings. The van der Waals surface area contributed by atoms with E-state index >= 15 is 0 Å². The van der Waals surface area contributed by atoms with E-state index in [1.165, 1.54) is 55.3 Å². The number of aromatic nitrogens is 1. The Balaban J connectivity index is 1.34. The van der Waals surface area contributed by atoms with Crippen molar-refractivity contribution in [3.63, 3.8) is 0 Å². The van der Waals surface area contributed by atoms with Crippen LogP contribution >= 0.6 is 11.8 Å². The van der Waals surface area contributed by atoms with Crippen LogP contribution in [0.5, 0.6) is 0 Å². The van der Waals surface area contributed by atoms with Crippen molar-refractivity contribution in [1.82, 2.24) is 15.2 Å². The number of nitro benzene ring substituents is 1. The summed E-state index contributed by atoms with van der Waals surface area (Å²) in [4.78, 5) is 36.1. The predicted octanol–water partition coefficient (Wildman–Crippen LogP) is 4.52. The Labute approximate surface area is 202 Å². The Morgan fingerprint density at radius 2 is 1.79 bits per heavy atom. The van der Waals surface area contributed by atoms with Gasteiger partial charge in [0.1, 0.15) is 0 Å². The Kier molecular flexibility index (Phi) is 7.84. The summed E-state index contributed by atoms with van der Waals surface area (Å²) in [5.41, 5.74) is 1.37. The number of thioether (sulfide) groups is 1. The molecule has 1 saturated carbocycles. The highest BCUT2D eigenvalue weighted by Crippen LogP contribution is 2.30. The zero-order valence-electron chi connectivity index (χ0n) is 18.9. The van der Waals surface area contributed by atoms with Gasteiger partial charge in [0, 0.05) is 58.8 Å². The average Bonchev–Trinajstić information content (AvgIpc) is 3.21. The van der Waals surface area contributed by atoms with E-state index in [9.17, 15) is 19.7 Å². The highest BCUT2D eigenvalue weighted by atomic mass is 32.2. The van der Waals surface area contributed by atoms with Gasteiger partial charge in [0.2, 0.25) is 5.91 Å². The van der Waals surface area contributed by atoms with Crippen molar-refractivity contribution in [2.24, 2.45) is 0 Å². The third kappa shape index (κ3) is 5.96. The minimum atomic E-state index is -0.492. The number of benzene rings is 2. The minimum Gasteiger partial charge on any atom is -0.353 e. The van der Waals surface area contributed by atoms with Crippen molar-refractivity contribution in [2.45, 2.75) is 49.6 Å². The first kappa shape index (κ1) is 23.8. The Morgan fingerprint density at radius 3 is 2.53 bits per heavy atom. The first-order valence-corrected chi connectivity index (χ1v) is 12.5. The van der Waals surface area contributed by atoms with Crippen LogP contribution < -0.4 is 10.6 Å². The molecule has 0 spiro atoms. The molecule has 1 aliphatic carbocycles. The summed E-state index contributed by atoms with van der Waals surface area (Å²) in [6.45, 7) is 0.967. The fourth-order valence-electron chi connectivity index (χ4n) is 4.30. The molecule has 1 heterocycles. The van der Waals surface area contributed by atoms with Crippen LogP contribution in [-0.4, -0.2) is 39.6 Å². The lowest BCUT2D eigenvalue weighted by Gasteiger charge is -2.22. The Hall–Kier alpha value is -3.33. The monoisotopic (exact) mass is 480 g/mol. The maximum atomic E-state index is 12.4. The zero-order valence-corrected chi connectivity index (χ0v) is 19.7. The van der Waals surface area contributed by atoms with Crippen LogP contribution in [0.3, 0.4) is 0 Å². The number of nitro groups is 1. The van der Waals surface area contributed by atoms with Crippen molar-refractivity contribution in [2.75, 3.05) is 12.3 Å². The zero-order chi connectivity index (χ0) is 23.9. The van der Waals surface area contributed by atoms with Gasteiger partial charge in [-0.15, -0.1) is 11.8 Å². The van der Waals surface area contributed by atoms with Crippen LogP contribution in [0.2, 0.25) is 0 Å². The van der Waals surface area contributed by atoms with E-state index < -0.39 is 4.92 Å². The molecule has 1 aromatic heterocycles. The molecular weight excluding hydrogens is 452 g/mol. The molecular formula is C25H28N4O4S. The summed E-state index contributed by atoms with van der Waals surface area (Å²) < 4.78 is 2.08. The van der Waals surface area contributed by atoms with Crippen molar-refractivity contribution in [3.05, 3.63) is 70.4 Å². The standard InChI is InChI=1S/C25H28N4O4S/c30-24(27-19-6-2-1-3-7-19)17-34-23-16-28(22-9-5-4-8-21(22)23)15-14-26-25(31)18-10-12-20(13-11-18)29(32)33/h4-5,8-13,16,19H,1-3,6-7,14-15,17H2,(H,26,31)(H,27,30). The number of rotatable bonds is 9. The third-order valence-corrected chi connectivity index (χ3v) is 7.10. The number of hydrogen-bond acceptors (Lipinski definition) is 5. The van der Waals surface area contributed by atoms with E-state index in [0.29, 0.717) is 30.4 Å². The first-order valence-electron chi connectivity index (χ1n) is 11.5. The van der Waals surface area contributed by atoms with Crippen LogP contribution in [0, 0.1) is 10.1 Å². The molecule has 4 rings (SSSR count). The smallest absolute Gasteiger partial charge is 0.269 e. The molecule has 1 fully saturated rings. The van der Waals surface area contributed by atoms with Gasteiger partial charge in [-0.05, 0) is 31.0 Å². The lowest BCUT2D eigenvalue weighted by atomic mass is 9.95. The summed E-state index contributed by atoms with van der Waals surface area (Å²) in [5, 5.41) is 17.9. The molecule has 8 nitrogen and oxygen atoms in total. The van der Waals surface area contributed by atoms with Crippen molar-refractivity contribution in [3.8, 4) is 0 Å². The van der Waals surface area contributed by atoms with Gasteiger partial charge in [0.25, 0.3) is 11.6 Å². The first-order chi connectivity index (χ1) is 16.5. The average molecular weight is 481 g/mol. The second-order valence-corrected chi connectivity index (χ2v) is 9.47. The normalized spacial score (nSPS) is 14.1. The largest absolute Gasteiger partial charge is 0.353 e. The van der Waals surface area contributed by atoms with Gasteiger partial charge in [-0.2, -0.15) is 0 Å². The van der Waals surface area contributed by atoms with Crippen LogP contribution in [-0.2, 0) is 11.3 Å². The molecule has 0 atom stereocenters. The second kappa shape index (κ2) is 11.2. The number of para-hydroxylation sites is 1. The Morgan fingerprint density at radius 1 is 1.06 bits per heavy atom. The highest BCUT2D eigenvalue weighted by Gasteiger charge is 2.17. The van der Waals surface area contributed by atoms with Gasteiger partial charge >= 0.3 is 0 Å². The lowest BCUT2D eigenvalue weighted by Crippen LogP contribution is -2.37. The fraction of sp³-hybridized carbons (Fsp3) is 0.360. The van der Waals surface area contributed by atoms with E-state index in [4.69, 9.17) is 0 Å². The Bertz CT molecular complexity index is 1170. The maximum absolute atomic E-state index is 12.4. The maximum Gasteiger partial charge on any atom is 0.269 e. The number of nitrogens with one attached hydrogen (secondary N) is 2. The van der Waals surface area contributed by atoms with Gasteiger partial charge in [-0.1, -0.05) is 37.5 Å². The van der Waals surface area contributed by atoms with E-state index in [-0.39, 0.29) is 17.5 Å². The molecule has 0 aliphatic heterocycles. The SMILES string of the molecule is O=C(CSc1cn(CCNC(=O)c2ccc([N+](=O)[O-])cc2)c2ccccc12)NC1CCCCC1. The van der Waals surface area contributed by atoms with Crippen molar-refractivity contribution < 1.29 is 14.5 Å². The highest BCUT2D eigenvalue weighted by molar-refractivity contribution is 8.00. The van der Waals surface area contributed by atoms with Crippen molar-refractivity contribution in [1.29, 1.82) is 0 Å². The number of carbonyl (C=O) groups excluding carboxylic acids is 2. The molecule has 34 heavy (non-hydrogen) atoms. The molecule has 0 saturated heterocycles. The summed E-state index contributed by atoms with van der Waals surface area (Å²) in [6.07, 6.45) is 7.80. The van der Waals surface area contributed by atoms with Gasteiger partial charge in [0.15, 0.2) is 0 Å². The van der Waals surface area contributed by atoms with Gasteiger partial charge in [-0.3, -0.25) is 19.7 Å². The predicted molar refractivity (Wildman–Crippen MR) is 133 cm³/mol. The van der Waals surface area contributed by atoms with Crippen molar-refractivity contribution >= 4 is 40.2 Å². The molecule has 2 amide bonds. The summed E-state index contributed by atoms with van der Waals surface area (Å²) in [6, 6.07) is 13.9. The molecule has 0 unspecified atom stereocenters. The minimum absolute atomic E-state index is 0.0483. The van der Waals surface area contributed by atoms with Gasteiger partial charge in [-0.25, -0.2) is 0 Å². The number of hydrogen-bond donors (Lipinski definition) is 2. The molecule has 0 radical (unpaired) electrons. The number of fused-ring (bicyclic) bond motifs is 1. The number of non-ortho nitro benzene ring substituents is 1. The molecule has 9 heteroatoms. The summed E-state index contributed by atoms with van der Waals surface area (Å²) in [7, 11) is 0. The topological polar surface area (TPSA) is 106 Å². The fourth-order valence-corrected chi connectivity index (χ4v) is 5.20. The van der Waals surface area contributed by atoms with E-state index in [2.05, 4.69) is 15.2 Å². The second-order valence-electron chi connectivity index (χ2n) is 8.45. The molecule has 178 valence electrons. The molecule has 2 aromatic carbocycles. The van der Waals surface area contributed by atoms with Crippen LogP contribution in [0.15, 0.2) is 59.6 Å². The van der Waals surface area contributed by atoms with Crippen LogP contribution in [0.4, 0.5) is 5.69 Å². The quantitative estimate of drug-likeness (QED) is 0.266. The molecule has 0 bridgehead atoms. The van der Waals surface area contributed by atoms with Crippen LogP contribution in [0.25, 0.3) is 10.9 Å². The van der Waals surface area contributed by atoms with E-state index in [1.54, 1.807) is 0 Å². The third-order valence-electron chi connectivity index (χ3n) is 6.06. The lowest BCUT2D eigenvalue weighted by molar-refractivity contribution is -0.384. The van der Waals surface area contributed by atoms with Gasteiger partial charge < -0.3 is 15.2 Å². The van der Waals surface area contributed by atoms with E-state index in [0.717, 1.165) is 28.6 Å². The molecule has 2 N–H and O–H groups in total. The number of amides is 2. The van der Waals surface area contributed by atoms with E-state index in [1.807, 2.05) is 30.5 Å². The summed E-state index contributed by atoms with van der Waals surface area (Å²) >= 11 is 1.53. The molecule has 1 aliphatic rings.